The first-order valence-electron chi connectivity index (χ1n) is 12.5. The average Bonchev–Trinajstić information content (AvgIpc) is 3.55. The van der Waals surface area contributed by atoms with Gasteiger partial charge in [-0.15, -0.1) is 10.2 Å². The number of benzene rings is 1. The molecule has 222 valence electrons. The van der Waals surface area contributed by atoms with Gasteiger partial charge in [0.15, 0.2) is 17.5 Å². The van der Waals surface area contributed by atoms with Crippen LogP contribution in [-0.2, 0) is 35.3 Å². The molecule has 2 aliphatic heterocycles. The summed E-state index contributed by atoms with van der Waals surface area (Å²) < 4.78 is 79.3. The molecule has 1 amide bonds. The van der Waals surface area contributed by atoms with Crippen molar-refractivity contribution in [2.45, 2.75) is 75.5 Å². The van der Waals surface area contributed by atoms with E-state index in [0.29, 0.717) is 18.6 Å². The maximum Gasteiger partial charge on any atom is 0.451 e. The molecule has 2 aliphatic rings. The Balaban J connectivity index is 0.000000307. The van der Waals surface area contributed by atoms with Crippen LogP contribution in [0.1, 0.15) is 55.7 Å². The summed E-state index contributed by atoms with van der Waals surface area (Å²) in [4.78, 5) is 23.8. The highest BCUT2D eigenvalue weighted by Crippen LogP contribution is 2.39. The van der Waals surface area contributed by atoms with Gasteiger partial charge in [0.05, 0.1) is 6.54 Å². The van der Waals surface area contributed by atoms with Gasteiger partial charge in [0, 0.05) is 49.0 Å². The number of hydrogen-bond acceptors (Lipinski definition) is 7. The number of carbonyl (C=O) groups is 2. The normalized spacial score (nSPS) is 17.7. The van der Waals surface area contributed by atoms with Crippen LogP contribution in [0.4, 0.5) is 26.3 Å². The molecule has 1 unspecified atom stereocenters. The SMILES string of the molecule is N[C@@H](CC(=O)N1CCn2c(nnc2C(F)(F)F)C1)Cc1cc(F)c(F)cc1F.O=C(O)CCCCC1CCSS1. The molecule has 1 aromatic carbocycles. The molecule has 8 nitrogen and oxygen atoms in total. The molecule has 0 radical (unpaired) electrons. The third-order valence-corrected chi connectivity index (χ3v) is 9.27. The van der Waals surface area contributed by atoms with E-state index < -0.39 is 47.4 Å². The summed E-state index contributed by atoms with van der Waals surface area (Å²) in [5.74, 6) is -4.54. The van der Waals surface area contributed by atoms with Crippen molar-refractivity contribution in [2.75, 3.05) is 12.3 Å². The highest BCUT2D eigenvalue weighted by Gasteiger charge is 2.40. The molecular formula is C24H29F6N5O3S2. The van der Waals surface area contributed by atoms with Crippen LogP contribution in [0.25, 0.3) is 0 Å². The number of carbonyl (C=O) groups excluding carboxylic acids is 1. The zero-order chi connectivity index (χ0) is 29.4. The Labute approximate surface area is 234 Å². The molecule has 0 aliphatic carbocycles. The molecule has 4 rings (SSSR count). The second-order valence-corrected chi connectivity index (χ2v) is 12.2. The van der Waals surface area contributed by atoms with E-state index in [9.17, 15) is 35.9 Å². The number of rotatable bonds is 9. The molecular weight excluding hydrogens is 584 g/mol. The number of aromatic nitrogens is 3. The Bertz CT molecular complexity index is 1180. The van der Waals surface area contributed by atoms with Gasteiger partial charge in [0.2, 0.25) is 11.7 Å². The van der Waals surface area contributed by atoms with Crippen LogP contribution in [0.15, 0.2) is 12.1 Å². The van der Waals surface area contributed by atoms with E-state index in [1.54, 1.807) is 0 Å². The van der Waals surface area contributed by atoms with Crippen molar-refractivity contribution in [1.82, 2.24) is 19.7 Å². The van der Waals surface area contributed by atoms with Crippen LogP contribution in [0.2, 0.25) is 0 Å². The molecule has 1 aromatic heterocycles. The lowest BCUT2D eigenvalue weighted by Crippen LogP contribution is -2.42. The van der Waals surface area contributed by atoms with Crippen molar-refractivity contribution in [1.29, 1.82) is 0 Å². The predicted molar refractivity (Wildman–Crippen MR) is 138 cm³/mol. The minimum atomic E-state index is -4.64. The minimum absolute atomic E-state index is 0.000783. The zero-order valence-electron chi connectivity index (χ0n) is 21.3. The Morgan fingerprint density at radius 1 is 1.10 bits per heavy atom. The van der Waals surface area contributed by atoms with Gasteiger partial charge in [-0.2, -0.15) is 13.2 Å². The molecule has 0 spiro atoms. The Kier molecular flexibility index (Phi) is 11.6. The summed E-state index contributed by atoms with van der Waals surface area (Å²) in [6, 6.07) is 0.184. The maximum atomic E-state index is 13.7. The molecule has 1 fully saturated rings. The number of unbranched alkanes of at least 4 members (excludes halogenated alkanes) is 1. The van der Waals surface area contributed by atoms with Crippen LogP contribution in [-0.4, -0.2) is 60.2 Å². The molecule has 1 saturated heterocycles. The lowest BCUT2D eigenvalue weighted by Gasteiger charge is -2.29. The fourth-order valence-corrected chi connectivity index (χ4v) is 7.25. The van der Waals surface area contributed by atoms with Gasteiger partial charge in [0.25, 0.3) is 0 Å². The van der Waals surface area contributed by atoms with E-state index in [1.165, 1.54) is 23.5 Å². The Morgan fingerprint density at radius 2 is 1.82 bits per heavy atom. The van der Waals surface area contributed by atoms with E-state index in [0.717, 1.165) is 22.7 Å². The average molecular weight is 614 g/mol. The molecule has 16 heteroatoms. The van der Waals surface area contributed by atoms with Crippen LogP contribution >= 0.6 is 21.6 Å². The van der Waals surface area contributed by atoms with Gasteiger partial charge in [-0.05, 0) is 37.3 Å². The van der Waals surface area contributed by atoms with Crippen molar-refractivity contribution in [3.8, 4) is 0 Å². The van der Waals surface area contributed by atoms with Crippen LogP contribution in [0, 0.1) is 17.5 Å². The van der Waals surface area contributed by atoms with Gasteiger partial charge in [-0.3, -0.25) is 9.59 Å². The van der Waals surface area contributed by atoms with Crippen LogP contribution < -0.4 is 5.73 Å². The predicted octanol–water partition coefficient (Wildman–Crippen LogP) is 4.80. The largest absolute Gasteiger partial charge is 0.481 e. The molecule has 40 heavy (non-hydrogen) atoms. The number of hydrogen-bond donors (Lipinski definition) is 2. The van der Waals surface area contributed by atoms with Crippen LogP contribution in [0.5, 0.6) is 0 Å². The second kappa shape index (κ2) is 14.4. The molecule has 2 atom stereocenters. The van der Waals surface area contributed by atoms with E-state index in [4.69, 9.17) is 10.8 Å². The number of carboxylic acids is 1. The fourth-order valence-electron chi connectivity index (χ4n) is 4.22. The number of nitrogens with two attached hydrogens (primary N) is 1. The van der Waals surface area contributed by atoms with E-state index >= 15 is 0 Å². The number of aliphatic carboxylic acids is 1. The summed E-state index contributed by atoms with van der Waals surface area (Å²) in [6.45, 7) is -0.302. The highest BCUT2D eigenvalue weighted by atomic mass is 33.1. The summed E-state index contributed by atoms with van der Waals surface area (Å²) in [5, 5.41) is 15.8. The second-order valence-electron chi connectivity index (χ2n) is 9.40. The number of carboxylic acid groups (broad SMARTS) is 1. The molecule has 0 saturated carbocycles. The molecule has 0 bridgehead atoms. The quantitative estimate of drug-likeness (QED) is 0.180. The van der Waals surface area contributed by atoms with Crippen molar-refractivity contribution >= 4 is 33.5 Å². The standard InChI is InChI=1S/C16H15F6N5O.C8H14O2S2/c17-10-6-12(19)11(18)4-8(10)3-9(23)5-14(28)26-1-2-27-13(7-26)24-25-15(27)16(20,21)22;9-8(10)4-2-1-3-7-5-6-11-12-7/h4,6,9H,1-3,5,7,23H2;7H,1-6H2,(H,9,10)/t9-;/m1./s1. The topological polar surface area (TPSA) is 114 Å². The summed E-state index contributed by atoms with van der Waals surface area (Å²) in [7, 11) is 3.92. The number of halogens is 6. The first-order chi connectivity index (χ1) is 18.8. The van der Waals surface area contributed by atoms with Crippen molar-refractivity contribution in [2.24, 2.45) is 5.73 Å². The van der Waals surface area contributed by atoms with Gasteiger partial charge >= 0.3 is 12.1 Å². The number of fused-ring (bicyclic) bond motifs is 1. The third-order valence-electron chi connectivity index (χ3n) is 6.26. The number of alkyl halides is 3. The first kappa shape index (κ1) is 32.1. The number of amides is 1. The molecule has 3 N–H and O–H groups in total. The van der Waals surface area contributed by atoms with E-state index in [1.807, 2.05) is 21.6 Å². The van der Waals surface area contributed by atoms with Crippen molar-refractivity contribution < 1.29 is 41.0 Å². The zero-order valence-corrected chi connectivity index (χ0v) is 22.9. The highest BCUT2D eigenvalue weighted by molar-refractivity contribution is 8.77. The monoisotopic (exact) mass is 613 g/mol. The van der Waals surface area contributed by atoms with Crippen molar-refractivity contribution in [3.63, 3.8) is 0 Å². The smallest absolute Gasteiger partial charge is 0.451 e. The molecule has 2 aromatic rings. The van der Waals surface area contributed by atoms with E-state index in [-0.39, 0.29) is 43.9 Å². The summed E-state index contributed by atoms with van der Waals surface area (Å²) >= 11 is 0. The van der Waals surface area contributed by atoms with Crippen molar-refractivity contribution in [3.05, 3.63) is 46.8 Å². The third kappa shape index (κ3) is 9.29. The minimum Gasteiger partial charge on any atom is -0.481 e. The summed E-state index contributed by atoms with van der Waals surface area (Å²) in [6.07, 6.45) is -0.344. The lowest BCUT2D eigenvalue weighted by atomic mass is 10.0. The van der Waals surface area contributed by atoms with Gasteiger partial charge < -0.3 is 20.3 Å². The summed E-state index contributed by atoms with van der Waals surface area (Å²) in [5.41, 5.74) is 5.64. The number of nitrogens with zero attached hydrogens (tertiary/aromatic N) is 4. The van der Waals surface area contributed by atoms with Gasteiger partial charge in [-0.1, -0.05) is 28.0 Å². The first-order valence-corrected chi connectivity index (χ1v) is 14.9. The fraction of sp³-hybridized carbons (Fsp3) is 0.583. The Hall–Kier alpha value is -2.46. The lowest BCUT2D eigenvalue weighted by molar-refractivity contribution is -0.148. The van der Waals surface area contributed by atoms with E-state index in [2.05, 4.69) is 10.2 Å². The Morgan fingerprint density at radius 3 is 2.48 bits per heavy atom. The molecule has 3 heterocycles. The maximum absolute atomic E-state index is 13.7. The van der Waals surface area contributed by atoms with Gasteiger partial charge in [-0.25, -0.2) is 13.2 Å². The van der Waals surface area contributed by atoms with Gasteiger partial charge in [0.1, 0.15) is 5.82 Å². The van der Waals surface area contributed by atoms with Crippen LogP contribution in [0.3, 0.4) is 0 Å².